The molecule has 6 heteroatoms. The molecule has 3 N–H and O–H groups in total. The van der Waals surface area contributed by atoms with Crippen molar-refractivity contribution in [2.75, 3.05) is 30.7 Å². The minimum Gasteiger partial charge on any atom is -0.399 e. The zero-order valence-electron chi connectivity index (χ0n) is 10.0. The summed E-state index contributed by atoms with van der Waals surface area (Å²) in [6.07, 6.45) is 0. The van der Waals surface area contributed by atoms with E-state index in [0.717, 1.165) is 0 Å². The number of carbonyl (C=O) groups excluding carboxylic acids is 1. The quantitative estimate of drug-likeness (QED) is 0.785. The van der Waals surface area contributed by atoms with E-state index in [1.54, 1.807) is 17.0 Å². The summed E-state index contributed by atoms with van der Waals surface area (Å²) < 4.78 is 0. The van der Waals surface area contributed by atoms with E-state index < -0.39 is 0 Å². The Morgan fingerprint density at radius 1 is 1.47 bits per heavy atom. The molecule has 0 aliphatic rings. The largest absolute Gasteiger partial charge is 0.399 e. The number of nitrogen functional groups attached to an aromatic ring is 1. The Labute approximate surface area is 106 Å². The topological polar surface area (TPSA) is 71.2 Å². The lowest BCUT2D eigenvalue weighted by Gasteiger charge is -2.18. The number of anilines is 2. The molecule has 0 aliphatic heterocycles. The predicted octanol–water partition coefficient (Wildman–Crippen LogP) is 1.60. The molecule has 1 heterocycles. The molecular formula is C11H17ClN4O. The zero-order valence-corrected chi connectivity index (χ0v) is 10.8. The Morgan fingerprint density at radius 3 is 2.65 bits per heavy atom. The van der Waals surface area contributed by atoms with E-state index in [0.29, 0.717) is 29.7 Å². The summed E-state index contributed by atoms with van der Waals surface area (Å²) in [5, 5.41) is 3.22. The predicted molar refractivity (Wildman–Crippen MR) is 70.1 cm³/mol. The molecular weight excluding hydrogens is 240 g/mol. The van der Waals surface area contributed by atoms with Gasteiger partial charge in [-0.2, -0.15) is 0 Å². The number of carbonyl (C=O) groups is 1. The van der Waals surface area contributed by atoms with E-state index in [-0.39, 0.29) is 12.5 Å². The van der Waals surface area contributed by atoms with Crippen molar-refractivity contribution in [2.45, 2.75) is 13.8 Å². The molecule has 0 saturated heterocycles. The van der Waals surface area contributed by atoms with E-state index in [1.807, 2.05) is 13.8 Å². The number of hydrogen-bond donors (Lipinski definition) is 2. The first kappa shape index (κ1) is 13.6. The van der Waals surface area contributed by atoms with Crippen LogP contribution in [0.4, 0.5) is 11.5 Å². The second-order valence-corrected chi connectivity index (χ2v) is 3.92. The molecule has 0 aliphatic carbocycles. The minimum absolute atomic E-state index is 0.0235. The third kappa shape index (κ3) is 4.11. The number of halogens is 1. The van der Waals surface area contributed by atoms with E-state index in [1.165, 1.54) is 0 Å². The van der Waals surface area contributed by atoms with Crippen LogP contribution in [-0.2, 0) is 4.79 Å². The fourth-order valence-corrected chi connectivity index (χ4v) is 1.68. The molecule has 0 bridgehead atoms. The Balaban J connectivity index is 2.58. The third-order valence-corrected chi connectivity index (χ3v) is 2.55. The van der Waals surface area contributed by atoms with Gasteiger partial charge < -0.3 is 16.0 Å². The summed E-state index contributed by atoms with van der Waals surface area (Å²) in [6, 6.07) is 3.19. The maximum absolute atomic E-state index is 11.7. The van der Waals surface area contributed by atoms with Crippen LogP contribution in [-0.4, -0.2) is 35.4 Å². The number of nitrogens with two attached hydrogens (primary N) is 1. The highest BCUT2D eigenvalue weighted by molar-refractivity contribution is 6.29. The van der Waals surface area contributed by atoms with Crippen LogP contribution >= 0.6 is 11.6 Å². The molecule has 17 heavy (non-hydrogen) atoms. The van der Waals surface area contributed by atoms with Crippen LogP contribution in [0.5, 0.6) is 0 Å². The number of amides is 1. The number of hydrogen-bond acceptors (Lipinski definition) is 4. The minimum atomic E-state index is 0.0235. The SMILES string of the molecule is CCN(CC)C(=O)CNc1cc(N)cc(Cl)n1. The fraction of sp³-hybridized carbons (Fsp3) is 0.455. The van der Waals surface area contributed by atoms with Gasteiger partial charge in [0.25, 0.3) is 0 Å². The number of nitrogens with zero attached hydrogens (tertiary/aromatic N) is 2. The van der Waals surface area contributed by atoms with Crippen molar-refractivity contribution >= 4 is 29.0 Å². The van der Waals surface area contributed by atoms with Gasteiger partial charge in [-0.05, 0) is 19.9 Å². The van der Waals surface area contributed by atoms with E-state index in [2.05, 4.69) is 10.3 Å². The Morgan fingerprint density at radius 2 is 2.12 bits per heavy atom. The van der Waals surface area contributed by atoms with Crippen LogP contribution in [0.2, 0.25) is 5.15 Å². The van der Waals surface area contributed by atoms with Gasteiger partial charge in [-0.15, -0.1) is 0 Å². The highest BCUT2D eigenvalue weighted by atomic mass is 35.5. The number of rotatable bonds is 5. The molecule has 0 saturated carbocycles. The number of likely N-dealkylation sites (N-methyl/N-ethyl adjacent to an activating group) is 1. The van der Waals surface area contributed by atoms with Gasteiger partial charge in [-0.1, -0.05) is 11.6 Å². The Kier molecular flexibility index (Phi) is 5.03. The van der Waals surface area contributed by atoms with Crippen molar-refractivity contribution in [3.63, 3.8) is 0 Å². The summed E-state index contributed by atoms with van der Waals surface area (Å²) in [7, 11) is 0. The van der Waals surface area contributed by atoms with E-state index in [9.17, 15) is 4.79 Å². The average molecular weight is 257 g/mol. The van der Waals surface area contributed by atoms with Crippen LogP contribution in [0.15, 0.2) is 12.1 Å². The van der Waals surface area contributed by atoms with E-state index in [4.69, 9.17) is 17.3 Å². The Hall–Kier alpha value is -1.49. The lowest BCUT2D eigenvalue weighted by atomic mass is 10.4. The standard InChI is InChI=1S/C11H17ClN4O/c1-3-16(4-2)11(17)7-14-10-6-8(13)5-9(12)15-10/h5-6H,3-4,7H2,1-2H3,(H3,13,14,15). The van der Waals surface area contributed by atoms with Crippen LogP contribution < -0.4 is 11.1 Å². The second-order valence-electron chi connectivity index (χ2n) is 3.53. The lowest BCUT2D eigenvalue weighted by Crippen LogP contribution is -2.35. The summed E-state index contributed by atoms with van der Waals surface area (Å²) in [5.74, 6) is 0.533. The molecule has 5 nitrogen and oxygen atoms in total. The summed E-state index contributed by atoms with van der Waals surface area (Å²) >= 11 is 5.76. The van der Waals surface area contributed by atoms with Crippen molar-refractivity contribution in [2.24, 2.45) is 0 Å². The van der Waals surface area contributed by atoms with Gasteiger partial charge in [0.05, 0.1) is 6.54 Å². The average Bonchev–Trinajstić information content (AvgIpc) is 2.27. The van der Waals surface area contributed by atoms with Crippen molar-refractivity contribution in [3.8, 4) is 0 Å². The molecule has 1 aromatic heterocycles. The molecule has 94 valence electrons. The second kappa shape index (κ2) is 6.30. The van der Waals surface area contributed by atoms with Gasteiger partial charge in [-0.3, -0.25) is 4.79 Å². The van der Waals surface area contributed by atoms with Crippen molar-refractivity contribution in [1.29, 1.82) is 0 Å². The van der Waals surface area contributed by atoms with Gasteiger partial charge in [0, 0.05) is 24.8 Å². The van der Waals surface area contributed by atoms with Crippen LogP contribution in [0.1, 0.15) is 13.8 Å². The van der Waals surface area contributed by atoms with Gasteiger partial charge in [0.15, 0.2) is 0 Å². The van der Waals surface area contributed by atoms with Gasteiger partial charge >= 0.3 is 0 Å². The first-order chi connectivity index (χ1) is 8.06. The molecule has 0 unspecified atom stereocenters. The van der Waals surface area contributed by atoms with Gasteiger partial charge in [0.1, 0.15) is 11.0 Å². The highest BCUT2D eigenvalue weighted by Crippen LogP contribution is 2.15. The van der Waals surface area contributed by atoms with Crippen LogP contribution in [0, 0.1) is 0 Å². The van der Waals surface area contributed by atoms with E-state index >= 15 is 0 Å². The summed E-state index contributed by atoms with van der Waals surface area (Å²) in [4.78, 5) is 17.5. The normalized spacial score (nSPS) is 10.1. The molecule has 0 spiro atoms. The van der Waals surface area contributed by atoms with Gasteiger partial charge in [-0.25, -0.2) is 4.98 Å². The molecule has 1 amide bonds. The first-order valence-corrected chi connectivity index (χ1v) is 5.89. The first-order valence-electron chi connectivity index (χ1n) is 5.51. The fourth-order valence-electron chi connectivity index (χ4n) is 1.46. The Bertz CT molecular complexity index is 373. The van der Waals surface area contributed by atoms with Crippen molar-refractivity contribution < 1.29 is 4.79 Å². The highest BCUT2D eigenvalue weighted by Gasteiger charge is 2.09. The molecule has 0 fully saturated rings. The maximum atomic E-state index is 11.7. The lowest BCUT2D eigenvalue weighted by molar-refractivity contribution is -0.128. The summed E-state index contributed by atoms with van der Waals surface area (Å²) in [5.41, 5.74) is 6.13. The zero-order chi connectivity index (χ0) is 12.8. The number of pyridine rings is 1. The van der Waals surface area contributed by atoms with Crippen LogP contribution in [0.25, 0.3) is 0 Å². The smallest absolute Gasteiger partial charge is 0.241 e. The summed E-state index contributed by atoms with van der Waals surface area (Å²) in [6.45, 7) is 5.47. The van der Waals surface area contributed by atoms with Gasteiger partial charge in [0.2, 0.25) is 5.91 Å². The molecule has 0 aromatic carbocycles. The van der Waals surface area contributed by atoms with Crippen molar-refractivity contribution in [1.82, 2.24) is 9.88 Å². The number of aromatic nitrogens is 1. The van der Waals surface area contributed by atoms with Crippen molar-refractivity contribution in [3.05, 3.63) is 17.3 Å². The molecule has 1 aromatic rings. The third-order valence-electron chi connectivity index (χ3n) is 2.35. The molecule has 1 rings (SSSR count). The molecule has 0 radical (unpaired) electrons. The number of nitrogens with one attached hydrogen (secondary N) is 1. The monoisotopic (exact) mass is 256 g/mol. The van der Waals surface area contributed by atoms with Crippen LogP contribution in [0.3, 0.4) is 0 Å². The maximum Gasteiger partial charge on any atom is 0.241 e. The molecule has 0 atom stereocenters.